The fraction of sp³-hybridized carbons (Fsp3) is 0. The summed E-state index contributed by atoms with van der Waals surface area (Å²) in [7, 11) is 0. The molecule has 0 amide bonds. The van der Waals surface area contributed by atoms with Crippen molar-refractivity contribution >= 4 is 27.9 Å². The van der Waals surface area contributed by atoms with Gasteiger partial charge in [-0.2, -0.15) is 0 Å². The van der Waals surface area contributed by atoms with Crippen LogP contribution < -0.4 is 0 Å². The Bertz CT molecular complexity index is 41.2. The molecule has 0 aromatic heterocycles. The van der Waals surface area contributed by atoms with E-state index in [2.05, 4.69) is 12.3 Å². The molecule has 1 heteroatoms. The van der Waals surface area contributed by atoms with Crippen LogP contribution in [-0.4, -0.2) is 27.9 Å². The van der Waals surface area contributed by atoms with Crippen molar-refractivity contribution in [3.05, 3.63) is 15.6 Å². The van der Waals surface area contributed by atoms with E-state index < -0.39 is 0 Å². The average molecular weight is 62.0 g/mol. The molecule has 0 spiro atoms. The van der Waals surface area contributed by atoms with Gasteiger partial charge in [-0.3, -0.25) is 0 Å². The van der Waals surface area contributed by atoms with Crippen molar-refractivity contribution in [1.29, 1.82) is 0 Å². The van der Waals surface area contributed by atoms with Crippen LogP contribution in [0.15, 0.2) is 15.6 Å². The summed E-state index contributed by atoms with van der Waals surface area (Å²) in [6, 6.07) is 0. The molecular weight excluding hydrogens is 59.0 g/mol. The van der Waals surface area contributed by atoms with Crippen LogP contribution in [0.1, 0.15) is 0 Å². The van der Waals surface area contributed by atoms with Gasteiger partial charge in [0.2, 0.25) is 0 Å². The third kappa shape index (κ3) is 2.52. The molecular formula is C3H3Na. The van der Waals surface area contributed by atoms with Gasteiger partial charge in [0.05, 0.1) is 0 Å². The van der Waals surface area contributed by atoms with Gasteiger partial charge in [-0.15, -0.1) is 0 Å². The molecule has 0 saturated heterocycles. The molecule has 0 fully saturated rings. The Hall–Kier alpha value is 0.520. The molecule has 0 heterocycles. The molecule has 0 rings (SSSR count). The second-order valence-corrected chi connectivity index (χ2v) is 1.07. The van der Waals surface area contributed by atoms with Crippen LogP contribution >= 0.6 is 0 Å². The van der Waals surface area contributed by atoms with Gasteiger partial charge in [0.25, 0.3) is 0 Å². The molecule has 0 aliphatic carbocycles. The molecule has 0 aliphatic heterocycles. The third-order valence-electron chi connectivity index (χ3n) is 0.204. The van der Waals surface area contributed by atoms with Gasteiger partial charge in [0.1, 0.15) is 0 Å². The first-order valence-electron chi connectivity index (χ1n) is 1.22. The molecule has 0 radical (unpaired) electrons. The van der Waals surface area contributed by atoms with E-state index in [1.54, 1.807) is 0 Å². The number of hydrogen-bond donors (Lipinski definition) is 0. The van der Waals surface area contributed by atoms with E-state index in [0.717, 1.165) is 27.9 Å². The summed E-state index contributed by atoms with van der Waals surface area (Å²) in [5.41, 5.74) is 2.62. The molecule has 0 N–H and O–H groups in total. The summed E-state index contributed by atoms with van der Waals surface area (Å²) in [5, 5.41) is 0. The molecule has 0 nitrogen and oxygen atoms in total. The van der Waals surface area contributed by atoms with Crippen molar-refractivity contribution in [2.45, 2.75) is 0 Å². The zero-order valence-corrected chi connectivity index (χ0v) is 4.78. The summed E-state index contributed by atoms with van der Waals surface area (Å²) in [4.78, 5) is 0. The first-order chi connectivity index (χ1) is 1.91. The monoisotopic (exact) mass is 62.0 g/mol. The quantitative estimate of drug-likeness (QED) is 0.282. The van der Waals surface area contributed by atoms with Gasteiger partial charge in [-0.25, -0.2) is 0 Å². The second kappa shape index (κ2) is 3.52. The van der Waals surface area contributed by atoms with Crippen molar-refractivity contribution in [3.63, 3.8) is 0 Å². The van der Waals surface area contributed by atoms with Gasteiger partial charge in [-0.05, 0) is 0 Å². The molecule has 0 unspecified atom stereocenters. The maximum absolute atomic E-state index is 3.33. The summed E-state index contributed by atoms with van der Waals surface area (Å²) in [5.74, 6) is 0. The minimum absolute atomic E-state index is 1.09. The van der Waals surface area contributed by atoms with Crippen molar-refractivity contribution in [1.82, 2.24) is 0 Å². The summed E-state index contributed by atoms with van der Waals surface area (Å²) in [6.45, 7) is 3.33. The van der Waals surface area contributed by atoms with Gasteiger partial charge in [-0.1, -0.05) is 0 Å². The van der Waals surface area contributed by atoms with Crippen molar-refractivity contribution in [3.8, 4) is 0 Å². The second-order valence-electron chi connectivity index (χ2n) is 0.493. The maximum atomic E-state index is 3.33. The van der Waals surface area contributed by atoms with Gasteiger partial charge >= 0.3 is 43.6 Å². The topological polar surface area (TPSA) is 0 Å². The molecule has 4 heavy (non-hydrogen) atoms. The zero-order valence-electron chi connectivity index (χ0n) is 2.78. The molecule has 0 bridgehead atoms. The predicted molar refractivity (Wildman–Crippen MR) is 19.5 cm³/mol. The summed E-state index contributed by atoms with van der Waals surface area (Å²) in [6.07, 6.45) is 0. The Morgan fingerprint density at radius 1 is 2.00 bits per heavy atom. The third-order valence-corrected chi connectivity index (χ3v) is 0.612. The van der Waals surface area contributed by atoms with Crippen LogP contribution in [0, 0.1) is 0 Å². The van der Waals surface area contributed by atoms with Crippen LogP contribution in [0.3, 0.4) is 0 Å². The Kier molecular flexibility index (Phi) is 3.98. The number of hydrogen-bond acceptors (Lipinski definition) is 0. The Morgan fingerprint density at radius 2 is 2.25 bits per heavy atom. The van der Waals surface area contributed by atoms with Crippen LogP contribution in [0.5, 0.6) is 0 Å². The van der Waals surface area contributed by atoms with Crippen molar-refractivity contribution < 1.29 is 0 Å². The Balaban J connectivity index is 3.11. The van der Waals surface area contributed by atoms with E-state index in [9.17, 15) is 0 Å². The SMILES string of the molecule is C=C=[CH][Na]. The van der Waals surface area contributed by atoms with Crippen molar-refractivity contribution in [2.24, 2.45) is 0 Å². The first-order valence-corrected chi connectivity index (χ1v) is 2.37. The summed E-state index contributed by atoms with van der Waals surface area (Å²) < 4.78 is 1.90. The Labute approximate surface area is 43.6 Å². The van der Waals surface area contributed by atoms with Crippen LogP contribution in [0.4, 0.5) is 0 Å². The fourth-order valence-corrected chi connectivity index (χ4v) is 0. The zero-order chi connectivity index (χ0) is 3.41. The first kappa shape index (κ1) is 4.52. The molecule has 0 saturated carbocycles. The van der Waals surface area contributed by atoms with Crippen LogP contribution in [0.2, 0.25) is 0 Å². The standard InChI is InChI=1S/C3H3.Na/c1-3-2;/h1H,2H2;. The van der Waals surface area contributed by atoms with E-state index in [0.29, 0.717) is 0 Å². The summed E-state index contributed by atoms with van der Waals surface area (Å²) >= 11 is 1.09. The normalized spacial score (nSPS) is 4.50. The van der Waals surface area contributed by atoms with E-state index in [1.807, 2.05) is 3.33 Å². The van der Waals surface area contributed by atoms with Crippen LogP contribution in [0.25, 0.3) is 0 Å². The average Bonchev–Trinajstić information content (AvgIpc) is 1.37. The molecule has 0 atom stereocenters. The number of rotatable bonds is 0. The Morgan fingerprint density at radius 3 is 2.25 bits per heavy atom. The van der Waals surface area contributed by atoms with E-state index in [4.69, 9.17) is 0 Å². The minimum atomic E-state index is 1.09. The van der Waals surface area contributed by atoms with Crippen molar-refractivity contribution in [2.75, 3.05) is 0 Å². The van der Waals surface area contributed by atoms with E-state index in [-0.39, 0.29) is 0 Å². The molecule has 0 aromatic rings. The van der Waals surface area contributed by atoms with Crippen LogP contribution in [-0.2, 0) is 0 Å². The van der Waals surface area contributed by atoms with Gasteiger partial charge in [0.15, 0.2) is 0 Å². The van der Waals surface area contributed by atoms with E-state index in [1.165, 1.54) is 0 Å². The van der Waals surface area contributed by atoms with Gasteiger partial charge < -0.3 is 0 Å². The van der Waals surface area contributed by atoms with Gasteiger partial charge in [0, 0.05) is 0 Å². The predicted octanol–water partition coefficient (Wildman–Crippen LogP) is 0.453. The molecule has 16 valence electrons. The molecule has 0 aromatic carbocycles. The molecule has 0 aliphatic rings. The fourth-order valence-electron chi connectivity index (χ4n) is 0. The van der Waals surface area contributed by atoms with E-state index >= 15 is 0 Å².